The van der Waals surface area contributed by atoms with E-state index < -0.39 is 109 Å². The smallest absolute Gasteiger partial charge is 0.420 e. The first-order chi connectivity index (χ1) is 63.6. The highest BCUT2D eigenvalue weighted by molar-refractivity contribution is 6.20. The van der Waals surface area contributed by atoms with Crippen molar-refractivity contribution >= 4 is 81.0 Å². The van der Waals surface area contributed by atoms with Crippen LogP contribution in [0.1, 0.15) is 58.5 Å². The number of halogens is 12. The minimum Gasteiger partial charge on any atom is -0.420 e. The summed E-state index contributed by atoms with van der Waals surface area (Å²) < 4.78 is 152. The molecule has 696 valence electrons. The van der Waals surface area contributed by atoms with Gasteiger partial charge in [0.15, 0.2) is 0 Å². The standard InChI is InChI=1S/C23H19F3N4O4.C22H18ClF2N5O4.C22H18F3N5O4.C22H20F3N3O4/c24-23(25,26)34-16-5-2-14(3-6-16)29-22(33)13-1-8-19(30-11-20(31)21(32)12-30)17(9-13)18-7-4-15(10-27)28-18;2*23-22(24,25)34-15-4-1-13(2-5-15)29-21(33)12-7-16(17-6-3-14(8-26)28-17)20(27-9-12)30-10-18(31)19(32)11-30;23-22(24,25)32-15-6-4-14(5-7-15)27-21(31)13-3-8-18(28-11-19(29)20(30)12-28)16(10-13)17-2-1-9-26-17/h1-9,20-21,28,31-32H,11-12H2,(H,29,33);2*1-7,9,18-19,28,31-32H,10-11H2,(H,29,33);1-10,19-20,26,29-30H,11-12H2,(H,27,31)/t20-,21-;2*18-,19-;19-,20-/m0000/s1. The van der Waals surface area contributed by atoms with Gasteiger partial charge in [-0.3, -0.25) is 19.2 Å². The molecular formula is C89H75ClF11N17O16. The average molecular weight is 1880 g/mol. The molecule has 12 aromatic rings. The molecule has 8 atom stereocenters. The van der Waals surface area contributed by atoms with Crippen LogP contribution < -0.4 is 59.8 Å². The van der Waals surface area contributed by atoms with Crippen molar-refractivity contribution in [3.63, 3.8) is 0 Å². The molecule has 33 nitrogen and oxygen atoms in total. The van der Waals surface area contributed by atoms with E-state index in [9.17, 15) is 108 Å². The molecule has 4 saturated heterocycles. The molecule has 16 N–H and O–H groups in total. The Balaban J connectivity index is 0.000000152. The van der Waals surface area contributed by atoms with E-state index in [2.05, 4.69) is 70.1 Å². The third kappa shape index (κ3) is 25.3. The van der Waals surface area contributed by atoms with Gasteiger partial charge in [-0.25, -0.2) is 9.97 Å². The zero-order valence-corrected chi connectivity index (χ0v) is 69.6. The van der Waals surface area contributed by atoms with Crippen molar-refractivity contribution in [1.29, 1.82) is 15.8 Å². The molecule has 6 aromatic heterocycles. The van der Waals surface area contributed by atoms with Crippen LogP contribution in [0.4, 0.5) is 94.1 Å². The van der Waals surface area contributed by atoms with Crippen molar-refractivity contribution in [2.24, 2.45) is 0 Å². The molecular weight excluding hydrogens is 1810 g/mol. The Morgan fingerprint density at radius 2 is 0.619 bits per heavy atom. The highest BCUT2D eigenvalue weighted by Crippen LogP contribution is 2.40. The van der Waals surface area contributed by atoms with Gasteiger partial charge < -0.3 is 121 Å². The van der Waals surface area contributed by atoms with Crippen molar-refractivity contribution < 1.29 is 127 Å². The highest BCUT2D eigenvalue weighted by atomic mass is 35.5. The number of aromatic nitrogens is 6. The molecule has 45 heteroatoms. The summed E-state index contributed by atoms with van der Waals surface area (Å²) in [6.07, 6.45) is -17.4. The molecule has 16 rings (SSSR count). The monoisotopic (exact) mass is 1880 g/mol. The average Bonchev–Trinajstić information content (AvgIpc) is 1.69. The third-order valence-electron chi connectivity index (χ3n) is 20.7. The molecule has 0 saturated carbocycles. The number of β-amino-alcohol motifs (C(OH)–C–C–N with tert-alkyl or cyclic N) is 8. The van der Waals surface area contributed by atoms with Crippen molar-refractivity contribution in [2.45, 2.75) is 73.5 Å². The van der Waals surface area contributed by atoms with E-state index in [1.165, 1.54) is 79.1 Å². The Morgan fingerprint density at radius 1 is 0.351 bits per heavy atom. The molecule has 0 unspecified atom stereocenters. The van der Waals surface area contributed by atoms with Gasteiger partial charge in [-0.05, 0) is 194 Å². The lowest BCUT2D eigenvalue weighted by molar-refractivity contribution is -0.275. The number of carbonyl (C=O) groups is 4. The summed E-state index contributed by atoms with van der Waals surface area (Å²) in [5.74, 6) is -2.63. The number of anilines is 8. The maximum Gasteiger partial charge on any atom is 0.573 e. The molecule has 0 spiro atoms. The molecule has 0 bridgehead atoms. The molecule has 6 aromatic carbocycles. The normalized spacial score (nSPS) is 18.1. The quantitative estimate of drug-likeness (QED) is 0.0235. The van der Waals surface area contributed by atoms with Crippen LogP contribution in [0.15, 0.2) is 213 Å². The number of carbonyl (C=O) groups excluding carboxylic acids is 4. The van der Waals surface area contributed by atoms with Gasteiger partial charge in [0.05, 0.1) is 71.3 Å². The Labute approximate surface area is 755 Å². The first-order valence-electron chi connectivity index (χ1n) is 39.9. The molecule has 4 amide bonds. The van der Waals surface area contributed by atoms with Crippen molar-refractivity contribution in [1.82, 2.24) is 29.9 Å². The second-order valence-electron chi connectivity index (χ2n) is 30.2. The van der Waals surface area contributed by atoms with Crippen LogP contribution in [-0.2, 0) is 0 Å². The van der Waals surface area contributed by atoms with Crippen molar-refractivity contribution in [2.75, 3.05) is 93.2 Å². The minimum absolute atomic E-state index is 0.130. The van der Waals surface area contributed by atoms with E-state index >= 15 is 0 Å². The Hall–Kier alpha value is -15.3. The van der Waals surface area contributed by atoms with Gasteiger partial charge in [0, 0.05) is 161 Å². The highest BCUT2D eigenvalue weighted by Gasteiger charge is 2.39. The van der Waals surface area contributed by atoms with Gasteiger partial charge in [0.25, 0.3) is 23.6 Å². The molecule has 0 aliphatic carbocycles. The number of aliphatic hydroxyl groups excluding tert-OH is 8. The number of nitrogens with one attached hydrogen (secondary N) is 8. The van der Waals surface area contributed by atoms with E-state index in [0.29, 0.717) is 90.7 Å². The van der Waals surface area contributed by atoms with Crippen LogP contribution in [0.25, 0.3) is 45.0 Å². The lowest BCUT2D eigenvalue weighted by Crippen LogP contribution is -2.23. The fourth-order valence-corrected chi connectivity index (χ4v) is 14.4. The first-order valence-corrected chi connectivity index (χ1v) is 40.3. The SMILES string of the molecule is N#Cc1ccc(-c2cc(C(=O)Nc3ccc(OC(F)(F)Cl)cc3)cnc2N2C[C@H](O)[C@@H](O)C2)[nH]1.N#Cc1ccc(-c2cc(C(=O)Nc3ccc(OC(F)(F)F)cc3)ccc2N2C[C@H](O)[C@@H](O)C2)[nH]1.N#Cc1ccc(-c2cc(C(=O)Nc3ccc(OC(F)(F)F)cc3)cnc2N2C[C@H](O)[C@@H](O)C2)[nH]1.O=C(Nc1ccc(OC(F)(F)F)cc1)c1ccc(N2C[C@H](O)[C@@H](O)C2)c(-c2ccc[nH]2)c1. The fraction of sp³-hybridized carbons (Fsp3) is 0.225. The summed E-state index contributed by atoms with van der Waals surface area (Å²) in [4.78, 5) is 78.8. The molecule has 134 heavy (non-hydrogen) atoms. The van der Waals surface area contributed by atoms with E-state index in [-0.39, 0.29) is 91.9 Å². The Kier molecular flexibility index (Phi) is 29.5. The second kappa shape index (κ2) is 41.0. The number of aliphatic hydroxyl groups is 8. The lowest BCUT2D eigenvalue weighted by Gasteiger charge is -2.22. The minimum atomic E-state index is -4.82. The van der Waals surface area contributed by atoms with Gasteiger partial charge in [0.2, 0.25) is 0 Å². The number of benzene rings is 6. The third-order valence-corrected chi connectivity index (χ3v) is 20.7. The first kappa shape index (κ1) is 96.3. The summed E-state index contributed by atoms with van der Waals surface area (Å²) in [6.45, 7) is 1.45. The molecule has 4 aliphatic heterocycles. The lowest BCUT2D eigenvalue weighted by atomic mass is 10.0. The maximum absolute atomic E-state index is 12.8. The summed E-state index contributed by atoms with van der Waals surface area (Å²) in [5, 5.41) is 117. The van der Waals surface area contributed by atoms with Crippen LogP contribution >= 0.6 is 11.6 Å². The summed E-state index contributed by atoms with van der Waals surface area (Å²) in [6, 6.07) is 51.7. The molecule has 10 heterocycles. The van der Waals surface area contributed by atoms with Crippen LogP contribution in [0.2, 0.25) is 0 Å². The number of hydrogen-bond donors (Lipinski definition) is 16. The van der Waals surface area contributed by atoms with E-state index in [0.717, 1.165) is 47.8 Å². The van der Waals surface area contributed by atoms with Crippen LogP contribution in [0.3, 0.4) is 0 Å². The number of H-pyrrole nitrogens is 4. The van der Waals surface area contributed by atoms with Crippen molar-refractivity contribution in [3.8, 4) is 86.2 Å². The number of alkyl halides is 12. The summed E-state index contributed by atoms with van der Waals surface area (Å²) >= 11 is 4.74. The number of nitriles is 3. The molecule has 4 fully saturated rings. The Morgan fingerprint density at radius 3 is 0.888 bits per heavy atom. The zero-order valence-electron chi connectivity index (χ0n) is 68.9. The molecule has 4 aliphatic rings. The van der Waals surface area contributed by atoms with E-state index in [1.807, 2.05) is 35.2 Å². The second-order valence-corrected chi connectivity index (χ2v) is 30.6. The summed E-state index contributed by atoms with van der Waals surface area (Å²) in [7, 11) is 0. The summed E-state index contributed by atoms with van der Waals surface area (Å²) in [5.41, 5.74) is 5.05. The number of amides is 4. The Bertz CT molecular complexity index is 5810. The zero-order chi connectivity index (χ0) is 96.3. The van der Waals surface area contributed by atoms with Gasteiger partial charge >= 0.3 is 24.7 Å². The van der Waals surface area contributed by atoms with Gasteiger partial charge in [-0.2, -0.15) is 15.8 Å². The topological polar surface area (TPSA) is 488 Å². The van der Waals surface area contributed by atoms with Gasteiger partial charge in [-0.15, -0.1) is 48.3 Å². The van der Waals surface area contributed by atoms with Gasteiger partial charge in [-0.1, -0.05) is 0 Å². The van der Waals surface area contributed by atoms with Crippen molar-refractivity contribution in [3.05, 3.63) is 252 Å². The molecule has 0 radical (unpaired) electrons. The number of ether oxygens (including phenoxy) is 4. The number of rotatable bonds is 21. The van der Waals surface area contributed by atoms with Crippen LogP contribution in [-0.4, -0.2) is 220 Å². The van der Waals surface area contributed by atoms with E-state index in [4.69, 9.17) is 27.4 Å². The number of hydrogen-bond acceptors (Lipinski definition) is 25. The van der Waals surface area contributed by atoms with Crippen LogP contribution in [0, 0.1) is 34.0 Å². The number of pyridine rings is 2. The predicted octanol–water partition coefficient (Wildman–Crippen LogP) is 12.2. The number of aromatic amines is 4. The van der Waals surface area contributed by atoms with Gasteiger partial charge in [0.1, 0.15) is 69.9 Å². The van der Waals surface area contributed by atoms with E-state index in [1.54, 1.807) is 99.8 Å². The maximum atomic E-state index is 12.8. The predicted molar refractivity (Wildman–Crippen MR) is 461 cm³/mol. The fourth-order valence-electron chi connectivity index (χ4n) is 14.3. The van der Waals surface area contributed by atoms with Crippen LogP contribution in [0.5, 0.6) is 23.0 Å². The largest absolute Gasteiger partial charge is 0.573 e. The number of nitrogens with zero attached hydrogens (tertiary/aromatic N) is 9.